The van der Waals surface area contributed by atoms with Gasteiger partial charge in [-0.3, -0.25) is 9.36 Å². The summed E-state index contributed by atoms with van der Waals surface area (Å²) in [6, 6.07) is 0.0122. The number of carboxylic acids is 1. The lowest BCUT2D eigenvalue weighted by Crippen LogP contribution is -2.33. The van der Waals surface area contributed by atoms with Crippen LogP contribution in [0.1, 0.15) is 50.2 Å². The van der Waals surface area contributed by atoms with Gasteiger partial charge in [-0.1, -0.05) is 20.3 Å². The van der Waals surface area contributed by atoms with Gasteiger partial charge < -0.3 is 5.11 Å². The summed E-state index contributed by atoms with van der Waals surface area (Å²) in [4.78, 5) is 26.9. The summed E-state index contributed by atoms with van der Waals surface area (Å²) in [6.45, 7) is 9.61. The van der Waals surface area contributed by atoms with Crippen molar-refractivity contribution in [1.82, 2.24) is 9.55 Å². The van der Waals surface area contributed by atoms with Crippen LogP contribution in [0.4, 0.5) is 0 Å². The average molecular weight is 266 g/mol. The Morgan fingerprint density at radius 2 is 1.95 bits per heavy atom. The number of hydrogen-bond donors (Lipinski definition) is 1. The average Bonchev–Trinajstić information content (AvgIpc) is 2.32. The molecule has 0 spiro atoms. The minimum atomic E-state index is -0.908. The maximum atomic E-state index is 12.1. The Hall–Kier alpha value is -1.65. The molecule has 1 aromatic rings. The number of aromatic nitrogens is 2. The van der Waals surface area contributed by atoms with Crippen molar-refractivity contribution in [2.24, 2.45) is 5.92 Å². The van der Waals surface area contributed by atoms with E-state index in [-0.39, 0.29) is 18.2 Å². The van der Waals surface area contributed by atoms with Crippen molar-refractivity contribution >= 4 is 5.97 Å². The second-order valence-electron chi connectivity index (χ2n) is 5.11. The van der Waals surface area contributed by atoms with Gasteiger partial charge in [-0.15, -0.1) is 0 Å². The molecule has 0 amide bonds. The van der Waals surface area contributed by atoms with Gasteiger partial charge in [-0.25, -0.2) is 4.79 Å². The summed E-state index contributed by atoms with van der Waals surface area (Å²) < 4.78 is 1.62. The molecule has 2 unspecified atom stereocenters. The van der Waals surface area contributed by atoms with Gasteiger partial charge in [0.05, 0.1) is 6.42 Å². The van der Waals surface area contributed by atoms with Gasteiger partial charge in [0.2, 0.25) is 0 Å². The lowest BCUT2D eigenvalue weighted by Gasteiger charge is -2.24. The van der Waals surface area contributed by atoms with E-state index in [2.05, 4.69) is 18.8 Å². The van der Waals surface area contributed by atoms with Crippen LogP contribution >= 0.6 is 0 Å². The van der Waals surface area contributed by atoms with Crippen LogP contribution < -0.4 is 5.69 Å². The summed E-state index contributed by atoms with van der Waals surface area (Å²) in [6.07, 6.45) is 0.855. The Kier molecular flexibility index (Phi) is 4.86. The van der Waals surface area contributed by atoms with Crippen molar-refractivity contribution in [2.75, 3.05) is 0 Å². The standard InChI is InChI=1S/C14H22N2O3/c1-6-8(2)10(4)16-11(5)12(7-13(17)18)9(3)15-14(16)19/h8,10H,6-7H2,1-5H3,(H,17,18). The normalized spacial score (nSPS) is 14.2. The molecule has 1 N–H and O–H groups in total. The highest BCUT2D eigenvalue weighted by Crippen LogP contribution is 2.22. The first-order valence-corrected chi connectivity index (χ1v) is 6.59. The molecule has 1 aromatic heterocycles. The number of nitrogens with zero attached hydrogens (tertiary/aromatic N) is 2. The van der Waals surface area contributed by atoms with Crippen LogP contribution in [-0.4, -0.2) is 20.6 Å². The Labute approximate surface area is 113 Å². The Balaban J connectivity index is 3.40. The minimum Gasteiger partial charge on any atom is -0.481 e. The molecule has 0 fully saturated rings. The van der Waals surface area contributed by atoms with Crippen molar-refractivity contribution in [1.29, 1.82) is 0 Å². The maximum Gasteiger partial charge on any atom is 0.348 e. The smallest absolute Gasteiger partial charge is 0.348 e. The van der Waals surface area contributed by atoms with Gasteiger partial charge in [0.15, 0.2) is 0 Å². The molecule has 19 heavy (non-hydrogen) atoms. The van der Waals surface area contributed by atoms with Crippen molar-refractivity contribution < 1.29 is 9.90 Å². The van der Waals surface area contributed by atoms with Crippen LogP contribution in [0.5, 0.6) is 0 Å². The van der Waals surface area contributed by atoms with Gasteiger partial charge in [-0.2, -0.15) is 4.98 Å². The van der Waals surface area contributed by atoms with E-state index in [9.17, 15) is 9.59 Å². The molecule has 2 atom stereocenters. The topological polar surface area (TPSA) is 72.2 Å². The number of aliphatic carboxylic acids is 1. The molecule has 0 aliphatic carbocycles. The first kappa shape index (κ1) is 15.4. The van der Waals surface area contributed by atoms with Gasteiger partial charge in [0, 0.05) is 23.0 Å². The Morgan fingerprint density at radius 3 is 2.42 bits per heavy atom. The van der Waals surface area contributed by atoms with Crippen molar-refractivity contribution in [3.8, 4) is 0 Å². The van der Waals surface area contributed by atoms with Gasteiger partial charge in [0.25, 0.3) is 0 Å². The summed E-state index contributed by atoms with van der Waals surface area (Å²) in [5.41, 5.74) is 1.57. The van der Waals surface area contributed by atoms with Crippen molar-refractivity contribution in [3.05, 3.63) is 27.4 Å². The molecule has 0 aromatic carbocycles. The molecule has 0 saturated carbocycles. The predicted octanol–water partition coefficient (Wildman–Crippen LogP) is 2.09. The quantitative estimate of drug-likeness (QED) is 0.885. The third-order valence-corrected chi connectivity index (χ3v) is 3.91. The monoisotopic (exact) mass is 266 g/mol. The van der Waals surface area contributed by atoms with Crippen LogP contribution in [0, 0.1) is 19.8 Å². The van der Waals surface area contributed by atoms with E-state index in [4.69, 9.17) is 5.11 Å². The fourth-order valence-electron chi connectivity index (χ4n) is 2.30. The second kappa shape index (κ2) is 5.99. The molecule has 0 aliphatic heterocycles. The molecule has 1 rings (SSSR count). The van der Waals surface area contributed by atoms with E-state index in [1.165, 1.54) is 0 Å². The molecule has 106 valence electrons. The number of carboxylic acid groups (broad SMARTS) is 1. The number of carbonyl (C=O) groups is 1. The Bertz CT molecular complexity index is 534. The van der Waals surface area contributed by atoms with Crippen LogP contribution in [0.3, 0.4) is 0 Å². The van der Waals surface area contributed by atoms with E-state index in [1.54, 1.807) is 18.4 Å². The molecule has 0 bridgehead atoms. The number of aryl methyl sites for hydroxylation is 1. The van der Waals surface area contributed by atoms with E-state index in [0.29, 0.717) is 22.9 Å². The summed E-state index contributed by atoms with van der Waals surface area (Å²) in [5.74, 6) is -0.576. The fourth-order valence-corrected chi connectivity index (χ4v) is 2.30. The highest BCUT2D eigenvalue weighted by molar-refractivity contribution is 5.70. The molecule has 0 radical (unpaired) electrons. The number of rotatable bonds is 5. The van der Waals surface area contributed by atoms with Crippen molar-refractivity contribution in [3.63, 3.8) is 0 Å². The van der Waals surface area contributed by atoms with E-state index < -0.39 is 5.97 Å². The summed E-state index contributed by atoms with van der Waals surface area (Å²) >= 11 is 0. The minimum absolute atomic E-state index is 0.0122. The van der Waals surface area contributed by atoms with E-state index >= 15 is 0 Å². The van der Waals surface area contributed by atoms with Crippen molar-refractivity contribution in [2.45, 2.75) is 53.5 Å². The zero-order valence-corrected chi connectivity index (χ0v) is 12.2. The molecule has 0 aliphatic rings. The third-order valence-electron chi connectivity index (χ3n) is 3.91. The third kappa shape index (κ3) is 3.22. The SMILES string of the molecule is CCC(C)C(C)n1c(C)c(CC(=O)O)c(C)nc1=O. The van der Waals surface area contributed by atoms with Crippen LogP contribution in [-0.2, 0) is 11.2 Å². The van der Waals surface area contributed by atoms with Crippen LogP contribution in [0.15, 0.2) is 4.79 Å². The molecule has 5 nitrogen and oxygen atoms in total. The zero-order valence-electron chi connectivity index (χ0n) is 12.2. The van der Waals surface area contributed by atoms with E-state index in [1.807, 2.05) is 6.92 Å². The summed E-state index contributed by atoms with van der Waals surface area (Å²) in [5, 5.41) is 8.95. The van der Waals surface area contributed by atoms with Crippen LogP contribution in [0.25, 0.3) is 0 Å². The highest BCUT2D eigenvalue weighted by atomic mass is 16.4. The van der Waals surface area contributed by atoms with Gasteiger partial charge >= 0.3 is 11.7 Å². The molecular weight excluding hydrogens is 244 g/mol. The molecule has 5 heteroatoms. The largest absolute Gasteiger partial charge is 0.481 e. The lowest BCUT2D eigenvalue weighted by molar-refractivity contribution is -0.136. The van der Waals surface area contributed by atoms with Gasteiger partial charge in [-0.05, 0) is 26.7 Å². The van der Waals surface area contributed by atoms with E-state index in [0.717, 1.165) is 6.42 Å². The summed E-state index contributed by atoms with van der Waals surface area (Å²) in [7, 11) is 0. The first-order chi connectivity index (χ1) is 8.79. The first-order valence-electron chi connectivity index (χ1n) is 6.59. The highest BCUT2D eigenvalue weighted by Gasteiger charge is 2.20. The lowest BCUT2D eigenvalue weighted by atomic mass is 9.99. The zero-order chi connectivity index (χ0) is 14.7. The van der Waals surface area contributed by atoms with Gasteiger partial charge in [0.1, 0.15) is 0 Å². The maximum absolute atomic E-state index is 12.1. The number of hydrogen-bond acceptors (Lipinski definition) is 3. The predicted molar refractivity (Wildman–Crippen MR) is 73.5 cm³/mol. The molecular formula is C14H22N2O3. The fraction of sp³-hybridized carbons (Fsp3) is 0.643. The second-order valence-corrected chi connectivity index (χ2v) is 5.11. The Morgan fingerprint density at radius 1 is 1.37 bits per heavy atom. The van der Waals surface area contributed by atoms with Crippen LogP contribution in [0.2, 0.25) is 0 Å². The molecule has 0 saturated heterocycles. The molecule has 1 heterocycles.